The second-order valence-corrected chi connectivity index (χ2v) is 6.98. The summed E-state index contributed by atoms with van der Waals surface area (Å²) in [4.78, 5) is 4.61. The van der Waals surface area contributed by atoms with Gasteiger partial charge in [0.2, 0.25) is 0 Å². The predicted molar refractivity (Wildman–Crippen MR) is 103 cm³/mol. The molecule has 0 saturated heterocycles. The Balaban J connectivity index is 1.55. The molecule has 0 aliphatic heterocycles. The molecule has 1 saturated carbocycles. The van der Waals surface area contributed by atoms with Crippen LogP contribution in [0.1, 0.15) is 43.4 Å². The molecule has 1 aromatic carbocycles. The van der Waals surface area contributed by atoms with Gasteiger partial charge in [-0.1, -0.05) is 31.4 Å². The minimum absolute atomic E-state index is 0.534. The van der Waals surface area contributed by atoms with Crippen molar-refractivity contribution in [1.82, 2.24) is 15.2 Å². The summed E-state index contributed by atoms with van der Waals surface area (Å²) in [5, 5.41) is 12.5. The number of rotatable bonds is 5. The van der Waals surface area contributed by atoms with Crippen molar-refractivity contribution in [3.63, 3.8) is 0 Å². The average molecular weight is 335 g/mol. The van der Waals surface area contributed by atoms with Crippen LogP contribution in [0.4, 0.5) is 11.5 Å². The molecule has 0 spiro atoms. The first kappa shape index (κ1) is 15.9. The van der Waals surface area contributed by atoms with Gasteiger partial charge in [-0.15, -0.1) is 0 Å². The monoisotopic (exact) mass is 335 g/mol. The Kier molecular flexibility index (Phi) is 4.55. The lowest BCUT2D eigenvalue weighted by atomic mass is 9.95. The fraction of sp³-hybridized carbons (Fsp3) is 0.400. The van der Waals surface area contributed by atoms with Gasteiger partial charge in [0.25, 0.3) is 0 Å². The molecule has 130 valence electrons. The number of hydrogen-bond acceptors (Lipinski definition) is 4. The van der Waals surface area contributed by atoms with Crippen molar-refractivity contribution in [2.45, 2.75) is 51.0 Å². The molecule has 0 atom stereocenters. The number of nitrogens with one attached hydrogen (secondary N) is 2. The second-order valence-electron chi connectivity index (χ2n) is 6.98. The van der Waals surface area contributed by atoms with Gasteiger partial charge in [-0.3, -0.25) is 5.10 Å². The number of nitrogens with two attached hydrogens (primary N) is 1. The number of aromatic amines is 1. The van der Waals surface area contributed by atoms with Crippen molar-refractivity contribution in [2.24, 2.45) is 0 Å². The van der Waals surface area contributed by atoms with E-state index < -0.39 is 0 Å². The largest absolute Gasteiger partial charge is 0.399 e. The Hall–Kier alpha value is -2.56. The Labute approximate surface area is 148 Å². The van der Waals surface area contributed by atoms with E-state index in [4.69, 9.17) is 5.73 Å². The Morgan fingerprint density at radius 1 is 1.04 bits per heavy atom. The fourth-order valence-corrected chi connectivity index (χ4v) is 3.71. The third-order valence-electron chi connectivity index (χ3n) is 5.13. The van der Waals surface area contributed by atoms with Gasteiger partial charge in [-0.05, 0) is 49.4 Å². The molecule has 2 heterocycles. The lowest BCUT2D eigenvalue weighted by molar-refractivity contribution is 0.462. The molecule has 1 aliphatic carbocycles. The molecular formula is C20H25N5. The van der Waals surface area contributed by atoms with Crippen LogP contribution in [-0.2, 0) is 12.8 Å². The van der Waals surface area contributed by atoms with E-state index in [1.54, 1.807) is 0 Å². The van der Waals surface area contributed by atoms with Crippen LogP contribution in [0.25, 0.3) is 10.9 Å². The van der Waals surface area contributed by atoms with Crippen LogP contribution in [0.5, 0.6) is 0 Å². The molecule has 4 N–H and O–H groups in total. The summed E-state index contributed by atoms with van der Waals surface area (Å²) in [6, 6.07) is 10.6. The van der Waals surface area contributed by atoms with Crippen LogP contribution in [-0.4, -0.2) is 21.2 Å². The van der Waals surface area contributed by atoms with Gasteiger partial charge in [-0.2, -0.15) is 5.10 Å². The van der Waals surface area contributed by atoms with E-state index in [1.807, 2.05) is 24.4 Å². The van der Waals surface area contributed by atoms with E-state index in [9.17, 15) is 0 Å². The normalized spacial score (nSPS) is 15.5. The van der Waals surface area contributed by atoms with Gasteiger partial charge in [0.05, 0.1) is 10.9 Å². The number of hydrogen-bond donors (Lipinski definition) is 3. The summed E-state index contributed by atoms with van der Waals surface area (Å²) in [5.41, 5.74) is 9.99. The number of fused-ring (bicyclic) bond motifs is 1. The smallest absolute Gasteiger partial charge is 0.137 e. The number of nitrogens with zero attached hydrogens (tertiary/aromatic N) is 2. The molecular weight excluding hydrogens is 310 g/mol. The average Bonchev–Trinajstić information content (AvgIpc) is 3.06. The molecule has 5 heteroatoms. The number of nitrogen functional groups attached to an aromatic ring is 1. The zero-order chi connectivity index (χ0) is 17.1. The van der Waals surface area contributed by atoms with Gasteiger partial charge < -0.3 is 11.1 Å². The van der Waals surface area contributed by atoms with Crippen molar-refractivity contribution in [1.29, 1.82) is 0 Å². The van der Waals surface area contributed by atoms with Crippen molar-refractivity contribution in [3.8, 4) is 0 Å². The lowest BCUT2D eigenvalue weighted by Gasteiger charge is -2.23. The molecule has 1 aliphatic rings. The molecule has 3 aromatic rings. The van der Waals surface area contributed by atoms with Crippen LogP contribution in [0.3, 0.4) is 0 Å². The summed E-state index contributed by atoms with van der Waals surface area (Å²) < 4.78 is 0. The number of anilines is 2. The van der Waals surface area contributed by atoms with E-state index in [-0.39, 0.29) is 0 Å². The van der Waals surface area contributed by atoms with E-state index in [0.717, 1.165) is 40.9 Å². The summed E-state index contributed by atoms with van der Waals surface area (Å²) >= 11 is 0. The first-order valence-electron chi connectivity index (χ1n) is 9.22. The number of benzene rings is 1. The van der Waals surface area contributed by atoms with E-state index >= 15 is 0 Å². The van der Waals surface area contributed by atoms with Crippen molar-refractivity contribution >= 4 is 22.4 Å². The Morgan fingerprint density at radius 2 is 1.84 bits per heavy atom. The first-order chi connectivity index (χ1) is 12.3. The zero-order valence-electron chi connectivity index (χ0n) is 14.5. The summed E-state index contributed by atoms with van der Waals surface area (Å²) in [5.74, 6) is 0.977. The molecule has 5 nitrogen and oxygen atoms in total. The van der Waals surface area contributed by atoms with Crippen LogP contribution in [0, 0.1) is 0 Å². The quantitative estimate of drug-likeness (QED) is 0.614. The number of aromatic nitrogens is 3. The zero-order valence-corrected chi connectivity index (χ0v) is 14.5. The molecule has 1 fully saturated rings. The third-order valence-corrected chi connectivity index (χ3v) is 5.13. The van der Waals surface area contributed by atoms with Gasteiger partial charge in [0.1, 0.15) is 5.82 Å². The highest BCUT2D eigenvalue weighted by Gasteiger charge is 2.17. The van der Waals surface area contributed by atoms with Crippen LogP contribution in [0.2, 0.25) is 0 Å². The highest BCUT2D eigenvalue weighted by Crippen LogP contribution is 2.27. The van der Waals surface area contributed by atoms with E-state index in [2.05, 4.69) is 32.6 Å². The second kappa shape index (κ2) is 7.13. The highest BCUT2D eigenvalue weighted by atomic mass is 15.1. The highest BCUT2D eigenvalue weighted by molar-refractivity contribution is 5.91. The first-order valence-corrected chi connectivity index (χ1v) is 9.22. The maximum atomic E-state index is 5.77. The SMILES string of the molecule is Nc1ccc(CCc2[nH]nc3ccnc(NC4CCCCC4)c23)cc1. The summed E-state index contributed by atoms with van der Waals surface area (Å²) in [7, 11) is 0. The lowest BCUT2D eigenvalue weighted by Crippen LogP contribution is -2.23. The van der Waals surface area contributed by atoms with Crippen LogP contribution >= 0.6 is 0 Å². The van der Waals surface area contributed by atoms with Crippen molar-refractivity contribution in [3.05, 3.63) is 47.8 Å². The molecule has 0 amide bonds. The number of pyridine rings is 1. The molecule has 25 heavy (non-hydrogen) atoms. The predicted octanol–water partition coefficient (Wildman–Crippen LogP) is 4.07. The van der Waals surface area contributed by atoms with Crippen LogP contribution < -0.4 is 11.1 Å². The standard InChI is InChI=1S/C20H25N5/c21-15-9-6-14(7-10-15)8-11-17-19-18(25-24-17)12-13-22-20(19)23-16-4-2-1-3-5-16/h6-7,9-10,12-13,16H,1-5,8,11,21H2,(H,22,23)(H,24,25). The van der Waals surface area contributed by atoms with Crippen molar-refractivity contribution < 1.29 is 0 Å². The van der Waals surface area contributed by atoms with E-state index in [0.29, 0.717) is 6.04 Å². The molecule has 0 radical (unpaired) electrons. The molecule has 0 unspecified atom stereocenters. The van der Waals surface area contributed by atoms with Crippen LogP contribution in [0.15, 0.2) is 36.5 Å². The molecule has 0 bridgehead atoms. The topological polar surface area (TPSA) is 79.6 Å². The minimum atomic E-state index is 0.534. The fourth-order valence-electron chi connectivity index (χ4n) is 3.71. The minimum Gasteiger partial charge on any atom is -0.399 e. The molecule has 2 aromatic heterocycles. The van der Waals surface area contributed by atoms with Crippen molar-refractivity contribution in [2.75, 3.05) is 11.1 Å². The van der Waals surface area contributed by atoms with Gasteiger partial charge >= 0.3 is 0 Å². The maximum Gasteiger partial charge on any atom is 0.137 e. The maximum absolute atomic E-state index is 5.77. The number of aryl methyl sites for hydroxylation is 2. The van der Waals surface area contributed by atoms with Gasteiger partial charge in [0, 0.05) is 23.6 Å². The Morgan fingerprint density at radius 3 is 2.64 bits per heavy atom. The van der Waals surface area contributed by atoms with Gasteiger partial charge in [-0.25, -0.2) is 4.98 Å². The number of H-pyrrole nitrogens is 1. The van der Waals surface area contributed by atoms with E-state index in [1.165, 1.54) is 37.7 Å². The van der Waals surface area contributed by atoms with Gasteiger partial charge in [0.15, 0.2) is 0 Å². The molecule has 4 rings (SSSR count). The Bertz CT molecular complexity index is 831. The summed E-state index contributed by atoms with van der Waals surface area (Å²) in [6.45, 7) is 0. The summed E-state index contributed by atoms with van der Waals surface area (Å²) in [6.07, 6.45) is 10.1. The third kappa shape index (κ3) is 3.60.